The highest BCUT2D eigenvalue weighted by Crippen LogP contribution is 2.25. The molecule has 2 unspecified atom stereocenters. The van der Waals surface area contributed by atoms with Gasteiger partial charge in [0.2, 0.25) is 0 Å². The summed E-state index contributed by atoms with van der Waals surface area (Å²) in [6, 6.07) is 14.5. The average Bonchev–Trinajstić information content (AvgIpc) is 3.26. The predicted molar refractivity (Wildman–Crippen MR) is 115 cm³/mol. The van der Waals surface area contributed by atoms with Gasteiger partial charge in [0.25, 0.3) is 0 Å². The monoisotopic (exact) mass is 402 g/mol. The molecule has 0 amide bonds. The minimum atomic E-state index is 0.0355. The van der Waals surface area contributed by atoms with Gasteiger partial charge in [-0.2, -0.15) is 0 Å². The molecule has 1 fully saturated rings. The van der Waals surface area contributed by atoms with Crippen LogP contribution in [0.15, 0.2) is 52.8 Å². The van der Waals surface area contributed by atoms with Crippen LogP contribution in [0.2, 0.25) is 0 Å². The molecule has 1 aliphatic heterocycles. The number of para-hydroxylation sites is 1. The number of rotatable bonds is 8. The summed E-state index contributed by atoms with van der Waals surface area (Å²) in [7, 11) is 1.80. The Hall–Kier alpha value is -2.09. The largest absolute Gasteiger partial charge is 0.489 e. The van der Waals surface area contributed by atoms with Crippen LogP contribution >= 0.6 is 11.3 Å². The van der Waals surface area contributed by atoms with E-state index in [-0.39, 0.29) is 6.10 Å². The van der Waals surface area contributed by atoms with Gasteiger partial charge in [-0.15, -0.1) is 11.3 Å². The standard InChI is InChI=1S/C21H30N4O2S/c1-17(27-18-7-4-3-5-8-18)15-23-21(22-2)24-16-19(20-9-6-14-28-20)25-10-12-26-13-11-25/h3-9,14,17,19H,10-13,15-16H2,1-2H3,(H2,22,23,24). The van der Waals surface area contributed by atoms with E-state index in [1.165, 1.54) is 4.88 Å². The predicted octanol–water partition coefficient (Wildman–Crippen LogP) is 2.75. The normalized spacial score (nSPS) is 17.7. The Bertz CT molecular complexity index is 702. The Morgan fingerprint density at radius 3 is 2.57 bits per heavy atom. The van der Waals surface area contributed by atoms with Crippen LogP contribution in [0.4, 0.5) is 0 Å². The molecule has 0 bridgehead atoms. The van der Waals surface area contributed by atoms with Crippen molar-refractivity contribution in [1.82, 2.24) is 15.5 Å². The summed E-state index contributed by atoms with van der Waals surface area (Å²) in [4.78, 5) is 8.21. The molecule has 0 spiro atoms. The number of nitrogens with one attached hydrogen (secondary N) is 2. The minimum Gasteiger partial charge on any atom is -0.489 e. The lowest BCUT2D eigenvalue weighted by Gasteiger charge is -2.34. The second-order valence-electron chi connectivity index (χ2n) is 6.76. The molecule has 2 aromatic rings. The molecular weight excluding hydrogens is 372 g/mol. The highest BCUT2D eigenvalue weighted by Gasteiger charge is 2.23. The summed E-state index contributed by atoms with van der Waals surface area (Å²) in [6.45, 7) is 7.03. The fraction of sp³-hybridized carbons (Fsp3) is 0.476. The van der Waals surface area contributed by atoms with Gasteiger partial charge in [0.15, 0.2) is 5.96 Å². The second kappa shape index (κ2) is 11.0. The Morgan fingerprint density at radius 1 is 1.14 bits per heavy atom. The van der Waals surface area contributed by atoms with Crippen molar-refractivity contribution >= 4 is 17.3 Å². The van der Waals surface area contributed by atoms with E-state index in [0.717, 1.165) is 44.6 Å². The van der Waals surface area contributed by atoms with E-state index in [1.54, 1.807) is 18.4 Å². The molecule has 2 heterocycles. The maximum absolute atomic E-state index is 5.92. The Labute approximate surface area is 171 Å². The number of hydrogen-bond acceptors (Lipinski definition) is 5. The van der Waals surface area contributed by atoms with Crippen molar-refractivity contribution in [2.24, 2.45) is 4.99 Å². The highest BCUT2D eigenvalue weighted by molar-refractivity contribution is 7.10. The third-order valence-electron chi connectivity index (χ3n) is 4.68. The van der Waals surface area contributed by atoms with Crippen LogP contribution in [-0.2, 0) is 4.74 Å². The summed E-state index contributed by atoms with van der Waals surface area (Å²) in [5.74, 6) is 1.67. The van der Waals surface area contributed by atoms with Gasteiger partial charge in [-0.05, 0) is 30.5 Å². The van der Waals surface area contributed by atoms with Crippen LogP contribution in [-0.4, -0.2) is 63.4 Å². The first-order chi connectivity index (χ1) is 13.8. The molecular formula is C21H30N4O2S. The molecule has 1 aromatic heterocycles. The smallest absolute Gasteiger partial charge is 0.191 e. The van der Waals surface area contributed by atoms with Gasteiger partial charge in [0.1, 0.15) is 11.9 Å². The number of nitrogens with zero attached hydrogens (tertiary/aromatic N) is 2. The number of hydrogen-bond donors (Lipinski definition) is 2. The van der Waals surface area contributed by atoms with E-state index in [1.807, 2.05) is 30.3 Å². The molecule has 2 N–H and O–H groups in total. The Morgan fingerprint density at radius 2 is 1.89 bits per heavy atom. The third-order valence-corrected chi connectivity index (χ3v) is 5.66. The van der Waals surface area contributed by atoms with E-state index in [2.05, 4.69) is 45.0 Å². The molecule has 2 atom stereocenters. The topological polar surface area (TPSA) is 58.1 Å². The zero-order chi connectivity index (χ0) is 19.6. The van der Waals surface area contributed by atoms with Crippen LogP contribution in [0.1, 0.15) is 17.8 Å². The number of thiophene rings is 1. The van der Waals surface area contributed by atoms with Crippen LogP contribution in [0.3, 0.4) is 0 Å². The fourth-order valence-corrected chi connectivity index (χ4v) is 4.07. The summed E-state index contributed by atoms with van der Waals surface area (Å²) in [6.07, 6.45) is 0.0355. The quantitative estimate of drug-likeness (QED) is 0.525. The van der Waals surface area contributed by atoms with Crippen LogP contribution in [0.5, 0.6) is 5.75 Å². The number of morpholine rings is 1. The number of aliphatic imine (C=N–C) groups is 1. The maximum atomic E-state index is 5.92. The molecule has 7 heteroatoms. The number of guanidine groups is 1. The first kappa shape index (κ1) is 20.6. The molecule has 1 aliphatic rings. The molecule has 0 saturated carbocycles. The molecule has 1 aromatic carbocycles. The van der Waals surface area contributed by atoms with Crippen molar-refractivity contribution in [2.75, 3.05) is 46.4 Å². The molecule has 1 saturated heterocycles. The van der Waals surface area contributed by atoms with E-state index in [0.29, 0.717) is 12.6 Å². The van der Waals surface area contributed by atoms with E-state index >= 15 is 0 Å². The molecule has 6 nitrogen and oxygen atoms in total. The second-order valence-corrected chi connectivity index (χ2v) is 7.73. The first-order valence-corrected chi connectivity index (χ1v) is 10.7. The molecule has 152 valence electrons. The van der Waals surface area contributed by atoms with Crippen LogP contribution < -0.4 is 15.4 Å². The van der Waals surface area contributed by atoms with Gasteiger partial charge in [0.05, 0.1) is 25.8 Å². The summed E-state index contributed by atoms with van der Waals surface area (Å²) in [5.41, 5.74) is 0. The lowest BCUT2D eigenvalue weighted by molar-refractivity contribution is 0.0177. The van der Waals surface area contributed by atoms with Crippen molar-refractivity contribution in [2.45, 2.75) is 19.1 Å². The lowest BCUT2D eigenvalue weighted by Crippen LogP contribution is -2.47. The average molecular weight is 403 g/mol. The molecule has 0 radical (unpaired) electrons. The Kier molecular flexibility index (Phi) is 8.14. The highest BCUT2D eigenvalue weighted by atomic mass is 32.1. The number of benzene rings is 1. The molecule has 3 rings (SSSR count). The summed E-state index contributed by atoms with van der Waals surface area (Å²) >= 11 is 1.80. The van der Waals surface area contributed by atoms with Gasteiger partial charge in [-0.1, -0.05) is 24.3 Å². The van der Waals surface area contributed by atoms with Gasteiger partial charge < -0.3 is 20.1 Å². The fourth-order valence-electron chi connectivity index (χ4n) is 3.21. The van der Waals surface area contributed by atoms with Crippen molar-refractivity contribution < 1.29 is 9.47 Å². The zero-order valence-corrected chi connectivity index (χ0v) is 17.5. The summed E-state index contributed by atoms with van der Waals surface area (Å²) in [5, 5.41) is 8.99. The van der Waals surface area contributed by atoms with Gasteiger partial charge >= 0.3 is 0 Å². The lowest BCUT2D eigenvalue weighted by atomic mass is 10.2. The molecule has 0 aliphatic carbocycles. The van der Waals surface area contributed by atoms with Gasteiger partial charge in [0, 0.05) is 31.6 Å². The number of ether oxygens (including phenoxy) is 2. The third kappa shape index (κ3) is 6.22. The van der Waals surface area contributed by atoms with E-state index < -0.39 is 0 Å². The van der Waals surface area contributed by atoms with Crippen molar-refractivity contribution in [3.63, 3.8) is 0 Å². The van der Waals surface area contributed by atoms with E-state index in [9.17, 15) is 0 Å². The van der Waals surface area contributed by atoms with Crippen molar-refractivity contribution in [3.8, 4) is 5.75 Å². The molecule has 28 heavy (non-hydrogen) atoms. The van der Waals surface area contributed by atoms with Gasteiger partial charge in [-0.3, -0.25) is 9.89 Å². The zero-order valence-electron chi connectivity index (χ0n) is 16.6. The summed E-state index contributed by atoms with van der Waals surface area (Å²) < 4.78 is 11.4. The van der Waals surface area contributed by atoms with Crippen molar-refractivity contribution in [3.05, 3.63) is 52.7 Å². The SMILES string of the molecule is CN=C(NCC(C)Oc1ccccc1)NCC(c1cccs1)N1CCOCC1. The first-order valence-electron chi connectivity index (χ1n) is 9.77. The van der Waals surface area contributed by atoms with Crippen LogP contribution in [0, 0.1) is 0 Å². The Balaban J connectivity index is 1.50. The van der Waals surface area contributed by atoms with E-state index in [4.69, 9.17) is 9.47 Å². The van der Waals surface area contributed by atoms with Gasteiger partial charge in [-0.25, -0.2) is 0 Å². The van der Waals surface area contributed by atoms with Crippen molar-refractivity contribution in [1.29, 1.82) is 0 Å². The van der Waals surface area contributed by atoms with Crippen LogP contribution in [0.25, 0.3) is 0 Å². The maximum Gasteiger partial charge on any atom is 0.191 e. The minimum absolute atomic E-state index is 0.0355.